The highest BCUT2D eigenvalue weighted by Gasteiger charge is 2.63. The number of aliphatic hydroxyl groups is 3. The van der Waals surface area contributed by atoms with E-state index in [9.17, 15) is 20.1 Å². The summed E-state index contributed by atoms with van der Waals surface area (Å²) in [5, 5.41) is 31.3. The van der Waals surface area contributed by atoms with Crippen molar-refractivity contribution in [1.82, 2.24) is 0 Å². The van der Waals surface area contributed by atoms with Crippen LogP contribution in [0.4, 0.5) is 0 Å². The highest BCUT2D eigenvalue weighted by molar-refractivity contribution is 5.82. The van der Waals surface area contributed by atoms with Crippen LogP contribution in [-0.2, 0) is 9.53 Å². The predicted molar refractivity (Wildman–Crippen MR) is 109 cm³/mol. The smallest absolute Gasteiger partial charge is 0.331 e. The lowest BCUT2D eigenvalue weighted by molar-refractivity contribution is -0.198. The lowest BCUT2D eigenvalue weighted by Crippen LogP contribution is -2.65. The minimum absolute atomic E-state index is 0.183. The minimum Gasteiger partial charge on any atom is -0.455 e. The zero-order valence-electron chi connectivity index (χ0n) is 17.4. The Kier molecular flexibility index (Phi) is 7.07. The molecule has 3 N–H and O–H groups in total. The van der Waals surface area contributed by atoms with E-state index in [4.69, 9.17) is 4.74 Å². The average molecular weight is 391 g/mol. The van der Waals surface area contributed by atoms with Gasteiger partial charge in [0.1, 0.15) is 11.7 Å². The molecule has 156 valence electrons. The number of carbonyl (C=O) groups is 1. The quantitative estimate of drug-likeness (QED) is 0.281. The molecule has 4 atom stereocenters. The van der Waals surface area contributed by atoms with Gasteiger partial charge in [0.25, 0.3) is 0 Å². The van der Waals surface area contributed by atoms with E-state index in [0.29, 0.717) is 12.0 Å². The molecular weight excluding hydrogens is 356 g/mol. The van der Waals surface area contributed by atoms with Crippen LogP contribution in [-0.4, -0.2) is 46.2 Å². The van der Waals surface area contributed by atoms with Crippen molar-refractivity contribution >= 4 is 5.97 Å². The second kappa shape index (κ2) is 8.76. The lowest BCUT2D eigenvalue weighted by Gasteiger charge is -2.61. The van der Waals surface area contributed by atoms with Crippen LogP contribution < -0.4 is 0 Å². The molecular formula is C23H34O5. The molecule has 5 heteroatoms. The van der Waals surface area contributed by atoms with E-state index in [-0.39, 0.29) is 11.3 Å². The summed E-state index contributed by atoms with van der Waals surface area (Å²) in [6.45, 7) is 7.21. The third-order valence-electron chi connectivity index (χ3n) is 6.63. The SMILES string of the molecule is CC=CC=CC=CC(=O)O[C@@H]1C=C(CO)[C@](O)(CO)[C@@]2(C)CCCC(C)(C)[C@H]12. The molecule has 0 amide bonds. The Hall–Kier alpha value is -1.69. The summed E-state index contributed by atoms with van der Waals surface area (Å²) in [5.74, 6) is -0.654. The van der Waals surface area contributed by atoms with Gasteiger partial charge in [-0.25, -0.2) is 4.79 Å². The van der Waals surface area contributed by atoms with Crippen molar-refractivity contribution in [3.8, 4) is 0 Å². The van der Waals surface area contributed by atoms with Gasteiger partial charge in [-0.15, -0.1) is 0 Å². The second-order valence-corrected chi connectivity index (χ2v) is 8.78. The largest absolute Gasteiger partial charge is 0.455 e. The standard InChI is InChI=1S/C23H34O5/c1-5-6-7-8-9-11-19(26)28-18-14-17(15-24)23(27,16-25)22(4)13-10-12-21(2,3)20(18)22/h5-9,11,14,18,20,24-25,27H,10,12-13,15-16H2,1-4H3/t18-,20+,22+,23-/m1/s1. The topological polar surface area (TPSA) is 87.0 Å². The maximum Gasteiger partial charge on any atom is 0.331 e. The van der Waals surface area contributed by atoms with Crippen LogP contribution in [0.15, 0.2) is 48.1 Å². The predicted octanol–water partition coefficient (Wildman–Crippen LogP) is 3.08. The fourth-order valence-electron chi connectivity index (χ4n) is 5.27. The first-order valence-corrected chi connectivity index (χ1v) is 9.98. The number of aliphatic hydroxyl groups excluding tert-OH is 2. The van der Waals surface area contributed by atoms with Gasteiger partial charge in [0.05, 0.1) is 13.2 Å². The molecule has 0 spiro atoms. The van der Waals surface area contributed by atoms with Gasteiger partial charge in [-0.3, -0.25) is 0 Å². The molecule has 5 nitrogen and oxygen atoms in total. The number of esters is 1. The molecule has 0 saturated heterocycles. The van der Waals surface area contributed by atoms with Crippen LogP contribution in [0.5, 0.6) is 0 Å². The van der Waals surface area contributed by atoms with Crippen LogP contribution >= 0.6 is 0 Å². The van der Waals surface area contributed by atoms with Gasteiger partial charge in [-0.2, -0.15) is 0 Å². The van der Waals surface area contributed by atoms with Gasteiger partial charge in [-0.1, -0.05) is 57.6 Å². The summed E-state index contributed by atoms with van der Waals surface area (Å²) < 4.78 is 5.78. The average Bonchev–Trinajstić information content (AvgIpc) is 2.63. The van der Waals surface area contributed by atoms with Crippen LogP contribution in [0, 0.1) is 16.7 Å². The van der Waals surface area contributed by atoms with Gasteiger partial charge >= 0.3 is 5.97 Å². The maximum absolute atomic E-state index is 12.4. The number of carbonyl (C=O) groups excluding carboxylic acids is 1. The van der Waals surface area contributed by atoms with Gasteiger partial charge in [0.15, 0.2) is 0 Å². The van der Waals surface area contributed by atoms with Crippen LogP contribution in [0.25, 0.3) is 0 Å². The second-order valence-electron chi connectivity index (χ2n) is 8.78. The molecule has 0 aromatic heterocycles. The number of hydrogen-bond acceptors (Lipinski definition) is 5. The van der Waals surface area contributed by atoms with E-state index in [1.807, 2.05) is 32.1 Å². The monoisotopic (exact) mass is 390 g/mol. The normalized spacial score (nSPS) is 35.3. The molecule has 0 unspecified atom stereocenters. The first-order chi connectivity index (χ1) is 13.2. The van der Waals surface area contributed by atoms with E-state index in [0.717, 1.165) is 12.8 Å². The fraction of sp³-hybridized carbons (Fsp3) is 0.609. The van der Waals surface area contributed by atoms with Gasteiger partial charge in [0, 0.05) is 17.4 Å². The molecule has 0 radical (unpaired) electrons. The van der Waals surface area contributed by atoms with E-state index in [1.165, 1.54) is 6.08 Å². The summed E-state index contributed by atoms with van der Waals surface area (Å²) in [6, 6.07) is 0. The summed E-state index contributed by atoms with van der Waals surface area (Å²) in [7, 11) is 0. The summed E-state index contributed by atoms with van der Waals surface area (Å²) in [6.07, 6.45) is 13.9. The van der Waals surface area contributed by atoms with Gasteiger partial charge < -0.3 is 20.1 Å². The molecule has 2 aliphatic carbocycles. The molecule has 0 bridgehead atoms. The third kappa shape index (κ3) is 4.02. The summed E-state index contributed by atoms with van der Waals surface area (Å²) in [4.78, 5) is 12.4. The van der Waals surface area contributed by atoms with Gasteiger partial charge in [0.2, 0.25) is 0 Å². The van der Waals surface area contributed by atoms with Crippen LogP contribution in [0.1, 0.15) is 47.0 Å². The maximum atomic E-state index is 12.4. The molecule has 2 rings (SSSR count). The number of hydrogen-bond donors (Lipinski definition) is 3. The lowest BCUT2D eigenvalue weighted by atomic mass is 9.46. The molecule has 0 heterocycles. The van der Waals surface area contributed by atoms with Crippen molar-refractivity contribution in [3.05, 3.63) is 48.1 Å². The van der Waals surface area contributed by atoms with Crippen LogP contribution in [0.2, 0.25) is 0 Å². The van der Waals surface area contributed by atoms with Crippen molar-refractivity contribution < 1.29 is 24.9 Å². The van der Waals surface area contributed by atoms with E-state index >= 15 is 0 Å². The molecule has 2 aliphatic rings. The Bertz CT molecular complexity index is 687. The van der Waals surface area contributed by atoms with Crippen molar-refractivity contribution in [1.29, 1.82) is 0 Å². The first-order valence-electron chi connectivity index (χ1n) is 9.98. The Labute approximate surface area is 168 Å². The van der Waals surface area contributed by atoms with Crippen molar-refractivity contribution in [3.63, 3.8) is 0 Å². The minimum atomic E-state index is -1.53. The molecule has 1 fully saturated rings. The number of rotatable bonds is 6. The number of fused-ring (bicyclic) bond motifs is 1. The Morgan fingerprint density at radius 1 is 1.18 bits per heavy atom. The Morgan fingerprint density at radius 3 is 2.46 bits per heavy atom. The Balaban J connectivity index is 2.39. The zero-order valence-corrected chi connectivity index (χ0v) is 17.4. The molecule has 0 aliphatic heterocycles. The fourth-order valence-corrected chi connectivity index (χ4v) is 5.27. The summed E-state index contributed by atoms with van der Waals surface area (Å²) >= 11 is 0. The molecule has 0 aromatic rings. The van der Waals surface area contributed by atoms with Gasteiger partial charge in [-0.05, 0) is 36.8 Å². The number of ether oxygens (including phenoxy) is 1. The zero-order chi connectivity index (χ0) is 21.0. The number of allylic oxidation sites excluding steroid dienone is 5. The Morgan fingerprint density at radius 2 is 1.86 bits per heavy atom. The first kappa shape index (κ1) is 22.6. The summed E-state index contributed by atoms with van der Waals surface area (Å²) in [5.41, 5.74) is -2.12. The molecule has 28 heavy (non-hydrogen) atoms. The molecule has 0 aromatic carbocycles. The van der Waals surface area contributed by atoms with E-state index in [2.05, 4.69) is 13.8 Å². The van der Waals surface area contributed by atoms with E-state index < -0.39 is 36.3 Å². The third-order valence-corrected chi connectivity index (χ3v) is 6.63. The highest BCUT2D eigenvalue weighted by atomic mass is 16.5. The van der Waals surface area contributed by atoms with Crippen molar-refractivity contribution in [2.75, 3.05) is 13.2 Å². The van der Waals surface area contributed by atoms with Crippen LogP contribution in [0.3, 0.4) is 0 Å². The van der Waals surface area contributed by atoms with Crippen molar-refractivity contribution in [2.24, 2.45) is 16.7 Å². The van der Waals surface area contributed by atoms with E-state index in [1.54, 1.807) is 18.2 Å². The highest BCUT2D eigenvalue weighted by Crippen LogP contribution is 2.61. The van der Waals surface area contributed by atoms with Crippen molar-refractivity contribution in [2.45, 2.75) is 58.7 Å². The molecule has 1 saturated carbocycles.